The number of carbonyl (C=O) groups is 1. The van der Waals surface area contributed by atoms with Crippen LogP contribution in [0.15, 0.2) is 24.5 Å². The van der Waals surface area contributed by atoms with Gasteiger partial charge in [0.2, 0.25) is 0 Å². The second kappa shape index (κ2) is 6.50. The largest absolute Gasteiger partial charge is 0.363 e. The number of pyridine rings is 1. The summed E-state index contributed by atoms with van der Waals surface area (Å²) in [6, 6.07) is 3.70. The van der Waals surface area contributed by atoms with Crippen molar-refractivity contribution in [1.82, 2.24) is 19.9 Å². The molecule has 1 amide bonds. The maximum atomic E-state index is 12.6. The molecule has 0 aromatic carbocycles. The molecule has 0 fully saturated rings. The summed E-state index contributed by atoms with van der Waals surface area (Å²) >= 11 is 0. The molecule has 1 aliphatic rings. The van der Waals surface area contributed by atoms with Crippen molar-refractivity contribution in [1.29, 1.82) is 0 Å². The zero-order valence-electron chi connectivity index (χ0n) is 15.7. The topological polar surface area (TPSA) is 63.1 Å². The molecule has 3 rings (SSSR count). The number of hydrogen-bond acceptors (Lipinski definition) is 4. The standard InChI is InChI=1S/C19H27N5O/c1-19(2,3)15-12-24-11-14(6-7-16(24)22-15)21-18(25)13-8-9-20-17(10-13)23(4)5/h8-10,12,14H,6-7,11H2,1-5H3,(H,21,25)/t14-/m1/s1. The van der Waals surface area contributed by atoms with Gasteiger partial charge in [0.1, 0.15) is 11.6 Å². The molecule has 0 unspecified atom stereocenters. The third-order valence-electron chi connectivity index (χ3n) is 4.56. The van der Waals surface area contributed by atoms with E-state index in [1.165, 1.54) is 0 Å². The summed E-state index contributed by atoms with van der Waals surface area (Å²) in [5.74, 6) is 1.85. The minimum Gasteiger partial charge on any atom is -0.363 e. The van der Waals surface area contributed by atoms with Gasteiger partial charge in [0.25, 0.3) is 5.91 Å². The summed E-state index contributed by atoms with van der Waals surface area (Å²) in [7, 11) is 3.83. The second-order valence-electron chi connectivity index (χ2n) is 7.95. The lowest BCUT2D eigenvalue weighted by molar-refractivity contribution is 0.0927. The van der Waals surface area contributed by atoms with E-state index in [1.54, 1.807) is 12.3 Å². The van der Waals surface area contributed by atoms with Crippen LogP contribution in [0.2, 0.25) is 0 Å². The van der Waals surface area contributed by atoms with Gasteiger partial charge >= 0.3 is 0 Å². The van der Waals surface area contributed by atoms with Crippen molar-refractivity contribution in [3.63, 3.8) is 0 Å². The van der Waals surface area contributed by atoms with Gasteiger partial charge in [-0.05, 0) is 18.6 Å². The molecular weight excluding hydrogens is 314 g/mol. The maximum absolute atomic E-state index is 12.6. The van der Waals surface area contributed by atoms with Crippen molar-refractivity contribution < 1.29 is 4.79 Å². The Morgan fingerprint density at radius 2 is 2.12 bits per heavy atom. The fourth-order valence-electron chi connectivity index (χ4n) is 3.00. The molecule has 2 aromatic heterocycles. The lowest BCUT2D eigenvalue weighted by Crippen LogP contribution is -2.40. The number of carbonyl (C=O) groups excluding carboxylic acids is 1. The van der Waals surface area contributed by atoms with E-state index in [-0.39, 0.29) is 17.4 Å². The number of aryl methyl sites for hydroxylation is 1. The first kappa shape index (κ1) is 17.5. The smallest absolute Gasteiger partial charge is 0.251 e. The van der Waals surface area contributed by atoms with Crippen LogP contribution in [0.25, 0.3) is 0 Å². The van der Waals surface area contributed by atoms with E-state index in [1.807, 2.05) is 25.1 Å². The molecule has 3 heterocycles. The molecule has 0 bridgehead atoms. The van der Waals surface area contributed by atoms with E-state index in [2.05, 4.69) is 41.8 Å². The molecule has 0 saturated heterocycles. The highest BCUT2D eigenvalue weighted by Gasteiger charge is 2.25. The first-order chi connectivity index (χ1) is 11.7. The number of aromatic nitrogens is 3. The molecular formula is C19H27N5O. The van der Waals surface area contributed by atoms with Crippen LogP contribution in [-0.2, 0) is 18.4 Å². The van der Waals surface area contributed by atoms with Crippen molar-refractivity contribution in [2.45, 2.75) is 51.6 Å². The third kappa shape index (κ3) is 3.83. The summed E-state index contributed by atoms with van der Waals surface area (Å²) in [5, 5.41) is 3.16. The lowest BCUT2D eigenvalue weighted by Gasteiger charge is -2.24. The van der Waals surface area contributed by atoms with Crippen LogP contribution in [0.4, 0.5) is 5.82 Å². The van der Waals surface area contributed by atoms with E-state index >= 15 is 0 Å². The van der Waals surface area contributed by atoms with Gasteiger partial charge in [-0.25, -0.2) is 9.97 Å². The highest BCUT2D eigenvalue weighted by Crippen LogP contribution is 2.24. The Kier molecular flexibility index (Phi) is 4.54. The summed E-state index contributed by atoms with van der Waals surface area (Å²) in [6.07, 6.45) is 5.61. The first-order valence-corrected chi connectivity index (χ1v) is 8.75. The molecule has 6 heteroatoms. The van der Waals surface area contributed by atoms with E-state index in [4.69, 9.17) is 4.98 Å². The van der Waals surface area contributed by atoms with Crippen molar-refractivity contribution in [3.8, 4) is 0 Å². The molecule has 6 nitrogen and oxygen atoms in total. The Labute approximate surface area is 149 Å². The van der Waals surface area contributed by atoms with Gasteiger partial charge in [-0.2, -0.15) is 0 Å². The number of rotatable bonds is 3. The normalized spacial score (nSPS) is 17.1. The van der Waals surface area contributed by atoms with Gasteiger partial charge in [0.15, 0.2) is 0 Å². The fraction of sp³-hybridized carbons (Fsp3) is 0.526. The summed E-state index contributed by atoms with van der Waals surface area (Å²) in [5.41, 5.74) is 1.80. The third-order valence-corrected chi connectivity index (χ3v) is 4.56. The molecule has 134 valence electrons. The zero-order valence-corrected chi connectivity index (χ0v) is 15.7. The average molecular weight is 341 g/mol. The molecule has 0 radical (unpaired) electrons. The molecule has 1 aliphatic heterocycles. The van der Waals surface area contributed by atoms with Crippen molar-refractivity contribution in [2.24, 2.45) is 0 Å². The molecule has 25 heavy (non-hydrogen) atoms. The number of fused-ring (bicyclic) bond motifs is 1. The van der Waals surface area contributed by atoms with Crippen LogP contribution in [0.3, 0.4) is 0 Å². The van der Waals surface area contributed by atoms with Crippen LogP contribution in [0, 0.1) is 0 Å². The quantitative estimate of drug-likeness (QED) is 0.931. The highest BCUT2D eigenvalue weighted by atomic mass is 16.1. The fourth-order valence-corrected chi connectivity index (χ4v) is 3.00. The number of amides is 1. The Balaban J connectivity index is 1.69. The Bertz CT molecular complexity index is 772. The SMILES string of the molecule is CN(C)c1cc(C(=O)N[C@@H]2CCc3nc(C(C)(C)C)cn3C2)ccn1. The van der Waals surface area contributed by atoms with Gasteiger partial charge in [-0.15, -0.1) is 0 Å². The predicted octanol–water partition coefficient (Wildman–Crippen LogP) is 2.39. The van der Waals surface area contributed by atoms with Crippen LogP contribution in [0.5, 0.6) is 0 Å². The minimum absolute atomic E-state index is 0.0443. The Morgan fingerprint density at radius 3 is 2.80 bits per heavy atom. The summed E-state index contributed by atoms with van der Waals surface area (Å²) in [4.78, 5) is 23.5. The summed E-state index contributed by atoms with van der Waals surface area (Å²) < 4.78 is 2.19. The van der Waals surface area contributed by atoms with Gasteiger partial charge in [0.05, 0.1) is 5.69 Å². The van der Waals surface area contributed by atoms with Crippen LogP contribution in [-0.4, -0.2) is 40.6 Å². The van der Waals surface area contributed by atoms with E-state index in [9.17, 15) is 4.79 Å². The Morgan fingerprint density at radius 1 is 1.36 bits per heavy atom. The zero-order chi connectivity index (χ0) is 18.2. The van der Waals surface area contributed by atoms with E-state index in [0.29, 0.717) is 5.56 Å². The number of anilines is 1. The number of nitrogens with one attached hydrogen (secondary N) is 1. The molecule has 1 atom stereocenters. The van der Waals surface area contributed by atoms with Gasteiger partial charge in [-0.1, -0.05) is 20.8 Å². The van der Waals surface area contributed by atoms with Crippen molar-refractivity contribution >= 4 is 11.7 Å². The van der Waals surface area contributed by atoms with E-state index < -0.39 is 0 Å². The predicted molar refractivity (Wildman–Crippen MR) is 99.1 cm³/mol. The second-order valence-corrected chi connectivity index (χ2v) is 7.95. The number of imidazole rings is 1. The van der Waals surface area contributed by atoms with E-state index in [0.717, 1.165) is 36.7 Å². The first-order valence-electron chi connectivity index (χ1n) is 8.75. The molecule has 1 N–H and O–H groups in total. The van der Waals surface area contributed by atoms with Crippen molar-refractivity contribution in [2.75, 3.05) is 19.0 Å². The van der Waals surface area contributed by atoms with Gasteiger partial charge < -0.3 is 14.8 Å². The van der Waals surface area contributed by atoms with Gasteiger partial charge in [-0.3, -0.25) is 4.79 Å². The molecule has 0 spiro atoms. The molecule has 2 aromatic rings. The monoisotopic (exact) mass is 341 g/mol. The van der Waals surface area contributed by atoms with Crippen LogP contribution < -0.4 is 10.2 Å². The number of hydrogen-bond donors (Lipinski definition) is 1. The molecule has 0 saturated carbocycles. The minimum atomic E-state index is -0.0462. The summed E-state index contributed by atoms with van der Waals surface area (Å²) in [6.45, 7) is 7.29. The highest BCUT2D eigenvalue weighted by molar-refractivity contribution is 5.95. The lowest BCUT2D eigenvalue weighted by atomic mass is 9.93. The van der Waals surface area contributed by atoms with Crippen LogP contribution >= 0.6 is 0 Å². The molecule has 0 aliphatic carbocycles. The average Bonchev–Trinajstić information content (AvgIpc) is 2.98. The Hall–Kier alpha value is -2.37. The van der Waals surface area contributed by atoms with Crippen LogP contribution in [0.1, 0.15) is 49.1 Å². The van der Waals surface area contributed by atoms with Gasteiger partial charge in [0, 0.05) is 56.5 Å². The van der Waals surface area contributed by atoms with Crippen molar-refractivity contribution in [3.05, 3.63) is 41.6 Å². The number of nitrogens with zero attached hydrogens (tertiary/aromatic N) is 4. The maximum Gasteiger partial charge on any atom is 0.251 e.